The zero-order valence-corrected chi connectivity index (χ0v) is 15.8. The first-order valence-corrected chi connectivity index (χ1v) is 8.46. The van der Waals surface area contributed by atoms with E-state index in [0.29, 0.717) is 23.0 Å². The fourth-order valence-electron chi connectivity index (χ4n) is 2.14. The Kier molecular flexibility index (Phi) is 6.86. The summed E-state index contributed by atoms with van der Waals surface area (Å²) in [5, 5.41) is 6.19. The molecule has 0 saturated heterocycles. The maximum Gasteiger partial charge on any atom is 0.319 e. The van der Waals surface area contributed by atoms with Crippen LogP contribution in [0.15, 0.2) is 42.5 Å². The molecule has 0 aliphatic carbocycles. The van der Waals surface area contributed by atoms with E-state index in [0.717, 1.165) is 11.1 Å². The Bertz CT molecular complexity index is 793. The zero-order chi connectivity index (χ0) is 19.1. The zero-order valence-electron chi connectivity index (χ0n) is 15.0. The van der Waals surface area contributed by atoms with Crippen molar-refractivity contribution in [3.05, 3.63) is 58.6 Å². The molecule has 0 radical (unpaired) electrons. The molecule has 6 nitrogen and oxygen atoms in total. The molecule has 0 aromatic heterocycles. The molecule has 2 aromatic carbocycles. The van der Waals surface area contributed by atoms with Crippen LogP contribution >= 0.6 is 11.6 Å². The number of ether oxygens (including phenoxy) is 1. The van der Waals surface area contributed by atoms with Crippen LogP contribution in [0.3, 0.4) is 0 Å². The third-order valence-corrected chi connectivity index (χ3v) is 3.88. The van der Waals surface area contributed by atoms with Gasteiger partial charge in [0.05, 0.1) is 0 Å². The molecule has 0 heterocycles. The fraction of sp³-hybridized carbons (Fsp3) is 0.263. The number of nitrogens with one attached hydrogen (secondary N) is 2. The second-order valence-electron chi connectivity index (χ2n) is 5.99. The highest BCUT2D eigenvalue weighted by Gasteiger charge is 2.07. The van der Waals surface area contributed by atoms with Crippen molar-refractivity contribution in [3.8, 4) is 5.75 Å². The van der Waals surface area contributed by atoms with Gasteiger partial charge in [0.2, 0.25) is 0 Å². The molecule has 7 heteroatoms. The number of aryl methyl sites for hydroxylation is 1. The number of likely N-dealkylation sites (N-methyl/N-ethyl adjacent to an activating group) is 1. The number of nitrogens with zero attached hydrogens (tertiary/aromatic N) is 1. The van der Waals surface area contributed by atoms with E-state index >= 15 is 0 Å². The van der Waals surface area contributed by atoms with Gasteiger partial charge in [-0.2, -0.15) is 0 Å². The number of urea groups is 1. The lowest BCUT2D eigenvalue weighted by Crippen LogP contribution is -2.28. The lowest BCUT2D eigenvalue weighted by molar-refractivity contribution is -0.130. The molecule has 0 spiro atoms. The second kappa shape index (κ2) is 9.10. The molecular weight excluding hydrogens is 354 g/mol. The molecule has 0 bridgehead atoms. The van der Waals surface area contributed by atoms with Crippen LogP contribution in [-0.2, 0) is 11.3 Å². The van der Waals surface area contributed by atoms with Crippen LogP contribution < -0.4 is 15.4 Å². The van der Waals surface area contributed by atoms with E-state index in [2.05, 4.69) is 10.6 Å². The van der Waals surface area contributed by atoms with Gasteiger partial charge >= 0.3 is 6.03 Å². The van der Waals surface area contributed by atoms with E-state index in [1.54, 1.807) is 44.4 Å². The van der Waals surface area contributed by atoms with Crippen LogP contribution in [0.25, 0.3) is 0 Å². The molecule has 0 aliphatic rings. The van der Waals surface area contributed by atoms with Crippen molar-refractivity contribution in [3.63, 3.8) is 0 Å². The summed E-state index contributed by atoms with van der Waals surface area (Å²) < 4.78 is 5.47. The van der Waals surface area contributed by atoms with Crippen LogP contribution in [0.4, 0.5) is 10.5 Å². The Morgan fingerprint density at radius 2 is 1.92 bits per heavy atom. The minimum atomic E-state index is -0.315. The molecule has 0 unspecified atom stereocenters. The van der Waals surface area contributed by atoms with Crippen LogP contribution in [-0.4, -0.2) is 37.5 Å². The predicted molar refractivity (Wildman–Crippen MR) is 103 cm³/mol. The van der Waals surface area contributed by atoms with Crippen molar-refractivity contribution < 1.29 is 14.3 Å². The van der Waals surface area contributed by atoms with E-state index in [9.17, 15) is 9.59 Å². The normalized spacial score (nSPS) is 10.2. The summed E-state index contributed by atoms with van der Waals surface area (Å²) in [6.45, 7) is 2.18. The number of rotatable bonds is 6. The third kappa shape index (κ3) is 5.97. The lowest BCUT2D eigenvalue weighted by Gasteiger charge is -2.13. The topological polar surface area (TPSA) is 70.7 Å². The lowest BCUT2D eigenvalue weighted by atomic mass is 10.2. The number of benzene rings is 2. The Morgan fingerprint density at radius 1 is 1.15 bits per heavy atom. The van der Waals surface area contributed by atoms with Gasteiger partial charge in [0.15, 0.2) is 6.61 Å². The first-order valence-electron chi connectivity index (χ1n) is 8.08. The standard InChI is InChI=1S/C19H22ClN3O3/c1-13-9-15(20)7-8-17(13)22-19(25)21-11-14-5-4-6-16(10-14)26-12-18(24)23(2)3/h4-10H,11-12H2,1-3H3,(H2,21,22,25). The predicted octanol–water partition coefficient (Wildman–Crippen LogP) is 3.44. The highest BCUT2D eigenvalue weighted by molar-refractivity contribution is 6.30. The SMILES string of the molecule is Cc1cc(Cl)ccc1NC(=O)NCc1cccc(OCC(=O)N(C)C)c1. The minimum absolute atomic E-state index is 0.0276. The number of hydrogen-bond donors (Lipinski definition) is 2. The van der Waals surface area contributed by atoms with Gasteiger partial charge < -0.3 is 20.3 Å². The van der Waals surface area contributed by atoms with E-state index in [-0.39, 0.29) is 18.5 Å². The average Bonchev–Trinajstić information content (AvgIpc) is 2.60. The Hall–Kier alpha value is -2.73. The molecule has 0 saturated carbocycles. The molecule has 138 valence electrons. The van der Waals surface area contributed by atoms with Gasteiger partial charge in [0.25, 0.3) is 5.91 Å². The van der Waals surface area contributed by atoms with Crippen LogP contribution in [0.5, 0.6) is 5.75 Å². The third-order valence-electron chi connectivity index (χ3n) is 3.65. The number of amides is 3. The van der Waals surface area contributed by atoms with Gasteiger partial charge in [0.1, 0.15) is 5.75 Å². The van der Waals surface area contributed by atoms with Crippen LogP contribution in [0, 0.1) is 6.92 Å². The molecule has 2 aromatic rings. The summed E-state index contributed by atoms with van der Waals surface area (Å²) >= 11 is 5.91. The first-order chi connectivity index (χ1) is 12.3. The number of hydrogen-bond acceptors (Lipinski definition) is 3. The van der Waals surface area contributed by atoms with Gasteiger partial charge in [-0.3, -0.25) is 4.79 Å². The van der Waals surface area contributed by atoms with E-state index in [1.165, 1.54) is 4.90 Å². The van der Waals surface area contributed by atoms with Crippen LogP contribution in [0.2, 0.25) is 5.02 Å². The Balaban J connectivity index is 1.87. The summed E-state index contributed by atoms with van der Waals surface area (Å²) in [4.78, 5) is 25.1. The maximum atomic E-state index is 12.1. The molecule has 0 aliphatic heterocycles. The summed E-state index contributed by atoms with van der Waals surface area (Å²) in [7, 11) is 3.35. The van der Waals surface area contributed by atoms with E-state index in [1.807, 2.05) is 19.1 Å². The quantitative estimate of drug-likeness (QED) is 0.812. The van der Waals surface area contributed by atoms with Gasteiger partial charge in [-0.05, 0) is 48.4 Å². The smallest absolute Gasteiger partial charge is 0.319 e. The number of halogens is 1. The molecule has 0 atom stereocenters. The van der Waals surface area contributed by atoms with Crippen molar-refractivity contribution in [1.82, 2.24) is 10.2 Å². The minimum Gasteiger partial charge on any atom is -0.484 e. The summed E-state index contributed by atoms with van der Waals surface area (Å²) in [6.07, 6.45) is 0. The number of carbonyl (C=O) groups is 2. The summed E-state index contributed by atoms with van der Waals surface area (Å²) in [6, 6.07) is 12.2. The molecule has 0 fully saturated rings. The summed E-state index contributed by atoms with van der Waals surface area (Å²) in [5.74, 6) is 0.458. The van der Waals surface area contributed by atoms with Gasteiger partial charge in [-0.15, -0.1) is 0 Å². The van der Waals surface area contributed by atoms with E-state index < -0.39 is 0 Å². The second-order valence-corrected chi connectivity index (χ2v) is 6.43. The monoisotopic (exact) mass is 375 g/mol. The number of carbonyl (C=O) groups excluding carboxylic acids is 2. The van der Waals surface area contributed by atoms with Crippen molar-refractivity contribution in [2.24, 2.45) is 0 Å². The average molecular weight is 376 g/mol. The largest absolute Gasteiger partial charge is 0.484 e. The van der Waals surface area contributed by atoms with Crippen LogP contribution in [0.1, 0.15) is 11.1 Å². The molecule has 2 N–H and O–H groups in total. The number of anilines is 1. The molecule has 3 amide bonds. The van der Waals surface area contributed by atoms with Crippen molar-refractivity contribution in [2.75, 3.05) is 26.0 Å². The van der Waals surface area contributed by atoms with Gasteiger partial charge in [-0.1, -0.05) is 23.7 Å². The van der Waals surface area contributed by atoms with Gasteiger partial charge in [-0.25, -0.2) is 4.79 Å². The Morgan fingerprint density at radius 3 is 2.62 bits per heavy atom. The highest BCUT2D eigenvalue weighted by Crippen LogP contribution is 2.19. The molecule has 2 rings (SSSR count). The highest BCUT2D eigenvalue weighted by atomic mass is 35.5. The van der Waals surface area contributed by atoms with E-state index in [4.69, 9.17) is 16.3 Å². The maximum absolute atomic E-state index is 12.1. The Labute approximate surface area is 158 Å². The fourth-order valence-corrected chi connectivity index (χ4v) is 2.36. The van der Waals surface area contributed by atoms with Gasteiger partial charge in [0, 0.05) is 31.4 Å². The molecular formula is C19H22ClN3O3. The van der Waals surface area contributed by atoms with Crippen molar-refractivity contribution in [1.29, 1.82) is 0 Å². The van der Waals surface area contributed by atoms with Crippen molar-refractivity contribution >= 4 is 29.2 Å². The summed E-state index contributed by atoms with van der Waals surface area (Å²) in [5.41, 5.74) is 2.45. The first kappa shape index (κ1) is 19.6. The molecule has 26 heavy (non-hydrogen) atoms. The van der Waals surface area contributed by atoms with Crippen molar-refractivity contribution in [2.45, 2.75) is 13.5 Å².